The molecule has 6 nitrogen and oxygen atoms in total. The Morgan fingerprint density at radius 3 is 0.775 bits per heavy atom. The molecule has 6 heteroatoms. The molecule has 0 saturated carbocycles. The van der Waals surface area contributed by atoms with Crippen LogP contribution in [0, 0.1) is 0 Å². The van der Waals surface area contributed by atoms with Gasteiger partial charge in [-0.05, 0) is 83.5 Å². The molecule has 0 amide bonds. The number of allylic oxidation sites excluding steroid dienone is 8. The minimum atomic E-state index is -0.772. The lowest BCUT2D eigenvalue weighted by molar-refractivity contribution is -0.167. The highest BCUT2D eigenvalue weighted by Gasteiger charge is 2.19. The lowest BCUT2D eigenvalue weighted by atomic mass is 10.0. The third kappa shape index (κ3) is 58.1. The van der Waals surface area contributed by atoms with Gasteiger partial charge in [-0.3, -0.25) is 14.4 Å². The van der Waals surface area contributed by atoms with E-state index in [4.69, 9.17) is 14.2 Å². The Morgan fingerprint density at radius 2 is 0.507 bits per heavy atom. The highest BCUT2D eigenvalue weighted by Crippen LogP contribution is 2.16. The zero-order chi connectivity index (χ0) is 51.4. The summed E-state index contributed by atoms with van der Waals surface area (Å²) in [6.07, 6.45) is 74.2. The summed E-state index contributed by atoms with van der Waals surface area (Å²) in [5.41, 5.74) is 0. The molecule has 0 fully saturated rings. The van der Waals surface area contributed by atoms with Crippen molar-refractivity contribution in [2.24, 2.45) is 0 Å². The number of hydrogen-bond acceptors (Lipinski definition) is 6. The zero-order valence-electron chi connectivity index (χ0n) is 47.5. The van der Waals surface area contributed by atoms with Crippen LogP contribution < -0.4 is 0 Å². The van der Waals surface area contributed by atoms with Gasteiger partial charge in [0, 0.05) is 19.3 Å². The first-order valence-electron chi connectivity index (χ1n) is 31.1. The van der Waals surface area contributed by atoms with Gasteiger partial charge in [-0.2, -0.15) is 0 Å². The predicted molar refractivity (Wildman–Crippen MR) is 307 cm³/mol. The molecule has 0 aromatic carbocycles. The van der Waals surface area contributed by atoms with Gasteiger partial charge < -0.3 is 14.2 Å². The Labute approximate surface area is 441 Å². The van der Waals surface area contributed by atoms with E-state index in [0.29, 0.717) is 19.3 Å². The highest BCUT2D eigenvalue weighted by molar-refractivity contribution is 5.71. The molecule has 0 saturated heterocycles. The molecule has 0 aromatic rings. The molecule has 414 valence electrons. The van der Waals surface area contributed by atoms with E-state index >= 15 is 0 Å². The summed E-state index contributed by atoms with van der Waals surface area (Å²) in [5, 5.41) is 0. The van der Waals surface area contributed by atoms with Gasteiger partial charge in [0.25, 0.3) is 0 Å². The molecule has 1 unspecified atom stereocenters. The molecule has 0 rings (SSSR count). The van der Waals surface area contributed by atoms with E-state index in [2.05, 4.69) is 69.4 Å². The van der Waals surface area contributed by atoms with Crippen molar-refractivity contribution >= 4 is 17.9 Å². The summed E-state index contributed by atoms with van der Waals surface area (Å²) >= 11 is 0. The van der Waals surface area contributed by atoms with E-state index in [1.807, 2.05) is 0 Å². The van der Waals surface area contributed by atoms with Gasteiger partial charge >= 0.3 is 17.9 Å². The van der Waals surface area contributed by atoms with E-state index in [1.54, 1.807) is 0 Å². The van der Waals surface area contributed by atoms with Crippen LogP contribution in [0.4, 0.5) is 0 Å². The molecule has 1 atom stereocenters. The normalized spacial score (nSPS) is 12.3. The van der Waals surface area contributed by atoms with Crippen molar-refractivity contribution < 1.29 is 28.6 Å². The molecule has 0 N–H and O–H groups in total. The second-order valence-corrected chi connectivity index (χ2v) is 21.0. The highest BCUT2D eigenvalue weighted by atomic mass is 16.6. The summed E-state index contributed by atoms with van der Waals surface area (Å²) in [6, 6.07) is 0. The third-order valence-electron chi connectivity index (χ3n) is 13.8. The SMILES string of the molecule is CCCCCCC/C=C\C/C=C\CCCCCCCCCCCCCCCC(=O)OCC(COC(=O)CCCCCCCCC)OC(=O)CCCCCCCCCCC/C=C\C/C=C\CCCCCCC. The van der Waals surface area contributed by atoms with Crippen molar-refractivity contribution in [2.45, 2.75) is 335 Å². The maximum absolute atomic E-state index is 12.8. The number of esters is 3. The van der Waals surface area contributed by atoms with Crippen LogP contribution in [-0.4, -0.2) is 37.2 Å². The summed E-state index contributed by atoms with van der Waals surface area (Å²) in [6.45, 7) is 6.61. The molecule has 71 heavy (non-hydrogen) atoms. The first-order valence-corrected chi connectivity index (χ1v) is 31.1. The molecule has 0 aliphatic rings. The van der Waals surface area contributed by atoms with Crippen LogP contribution in [0.3, 0.4) is 0 Å². The lowest BCUT2D eigenvalue weighted by Gasteiger charge is -2.18. The number of ether oxygens (including phenoxy) is 3. The first-order chi connectivity index (χ1) is 35.0. The molecular weight excluding hydrogens is 877 g/mol. The smallest absolute Gasteiger partial charge is 0.306 e. The second-order valence-electron chi connectivity index (χ2n) is 21.0. The van der Waals surface area contributed by atoms with Gasteiger partial charge in [-0.1, -0.05) is 275 Å². The standard InChI is InChI=1S/C65H118O6/c1-4-7-10-13-16-18-20-22-24-26-28-30-31-32-33-35-36-38-40-42-44-46-49-52-55-58-64(67)70-61-62(60-69-63(66)57-54-51-48-15-12-9-6-3)71-65(68)59-56-53-50-47-45-43-41-39-37-34-29-27-25-23-21-19-17-14-11-8-5-2/h20-23,26-29,62H,4-19,24-25,30-61H2,1-3H3/b22-20-,23-21-,28-26-,29-27-. The van der Waals surface area contributed by atoms with Crippen LogP contribution in [-0.2, 0) is 28.6 Å². The maximum atomic E-state index is 12.8. The number of rotatable bonds is 57. The summed E-state index contributed by atoms with van der Waals surface area (Å²) in [7, 11) is 0. The van der Waals surface area contributed by atoms with E-state index in [-0.39, 0.29) is 31.1 Å². The average Bonchev–Trinajstić information content (AvgIpc) is 3.37. The van der Waals surface area contributed by atoms with E-state index in [1.165, 1.54) is 218 Å². The van der Waals surface area contributed by atoms with Crippen LogP contribution in [0.25, 0.3) is 0 Å². The fourth-order valence-electron chi connectivity index (χ4n) is 9.09. The summed E-state index contributed by atoms with van der Waals surface area (Å²) in [5.74, 6) is -0.868. The molecule has 0 spiro atoms. The van der Waals surface area contributed by atoms with E-state index in [0.717, 1.165) is 70.6 Å². The first kappa shape index (κ1) is 68.4. The Bertz CT molecular complexity index is 1230. The summed E-state index contributed by atoms with van der Waals surface area (Å²) in [4.78, 5) is 38.0. The van der Waals surface area contributed by atoms with Crippen molar-refractivity contribution in [3.8, 4) is 0 Å². The Morgan fingerprint density at radius 1 is 0.282 bits per heavy atom. The fraction of sp³-hybridized carbons (Fsp3) is 0.831. The predicted octanol–water partition coefficient (Wildman–Crippen LogP) is 21.0. The van der Waals surface area contributed by atoms with Crippen molar-refractivity contribution in [1.82, 2.24) is 0 Å². The molecule has 0 aliphatic carbocycles. The van der Waals surface area contributed by atoms with Gasteiger partial charge in [0.05, 0.1) is 0 Å². The van der Waals surface area contributed by atoms with Crippen molar-refractivity contribution in [3.63, 3.8) is 0 Å². The summed E-state index contributed by atoms with van der Waals surface area (Å²) < 4.78 is 16.8. The monoisotopic (exact) mass is 995 g/mol. The molecule has 0 heterocycles. The van der Waals surface area contributed by atoms with Crippen molar-refractivity contribution in [1.29, 1.82) is 0 Å². The third-order valence-corrected chi connectivity index (χ3v) is 13.8. The van der Waals surface area contributed by atoms with Crippen LogP contribution in [0.15, 0.2) is 48.6 Å². The Hall–Kier alpha value is -2.63. The molecule has 0 aliphatic heterocycles. The lowest BCUT2D eigenvalue weighted by Crippen LogP contribution is -2.30. The van der Waals surface area contributed by atoms with Gasteiger partial charge in [-0.25, -0.2) is 0 Å². The van der Waals surface area contributed by atoms with Crippen molar-refractivity contribution in [3.05, 3.63) is 48.6 Å². The van der Waals surface area contributed by atoms with Crippen molar-refractivity contribution in [2.75, 3.05) is 13.2 Å². The minimum Gasteiger partial charge on any atom is -0.462 e. The Balaban J connectivity index is 4.13. The Kier molecular flexibility index (Phi) is 57.7. The maximum Gasteiger partial charge on any atom is 0.306 e. The fourth-order valence-corrected chi connectivity index (χ4v) is 9.09. The van der Waals surface area contributed by atoms with E-state index in [9.17, 15) is 14.4 Å². The average molecular weight is 996 g/mol. The molecular formula is C65H118O6. The van der Waals surface area contributed by atoms with E-state index < -0.39 is 6.10 Å². The quantitative estimate of drug-likeness (QED) is 0.0261. The van der Waals surface area contributed by atoms with Gasteiger partial charge in [0.15, 0.2) is 6.10 Å². The molecule has 0 aromatic heterocycles. The number of unbranched alkanes of at least 4 members (excludes halogenated alkanes) is 38. The van der Waals surface area contributed by atoms with Crippen LogP contribution in [0.2, 0.25) is 0 Å². The minimum absolute atomic E-state index is 0.0724. The van der Waals surface area contributed by atoms with Gasteiger partial charge in [-0.15, -0.1) is 0 Å². The number of carbonyl (C=O) groups is 3. The van der Waals surface area contributed by atoms with Crippen LogP contribution in [0.1, 0.15) is 329 Å². The van der Waals surface area contributed by atoms with Gasteiger partial charge in [0.2, 0.25) is 0 Å². The number of carbonyl (C=O) groups excluding carboxylic acids is 3. The zero-order valence-corrected chi connectivity index (χ0v) is 47.5. The topological polar surface area (TPSA) is 78.9 Å². The largest absolute Gasteiger partial charge is 0.462 e. The van der Waals surface area contributed by atoms with Gasteiger partial charge in [0.1, 0.15) is 13.2 Å². The molecule has 0 bridgehead atoms. The second kappa shape index (κ2) is 59.9. The van der Waals surface area contributed by atoms with Crippen LogP contribution in [0.5, 0.6) is 0 Å². The molecule has 0 radical (unpaired) electrons. The number of hydrogen-bond donors (Lipinski definition) is 0. The van der Waals surface area contributed by atoms with Crippen LogP contribution >= 0.6 is 0 Å².